The fourth-order valence-corrected chi connectivity index (χ4v) is 1.20. The molecule has 0 saturated carbocycles. The third kappa shape index (κ3) is 2.15. The number of allylic oxidation sites excluding steroid dienone is 1. The number of hydrogen-bond donors (Lipinski definition) is 0. The number of halogens is 2. The Bertz CT molecular complexity index is 279. The fraction of sp³-hybridized carbons (Fsp3) is 0.111. The van der Waals surface area contributed by atoms with Gasteiger partial charge in [0.15, 0.2) is 0 Å². The minimum absolute atomic E-state index is 0.189. The van der Waals surface area contributed by atoms with E-state index in [0.29, 0.717) is 5.56 Å². The molecule has 11 heavy (non-hydrogen) atoms. The van der Waals surface area contributed by atoms with Crippen LogP contribution in [0.3, 0.4) is 0 Å². The molecule has 0 aromatic heterocycles. The van der Waals surface area contributed by atoms with E-state index in [1.54, 1.807) is 18.2 Å². The van der Waals surface area contributed by atoms with Gasteiger partial charge >= 0.3 is 0 Å². The second kappa shape index (κ2) is 3.67. The Balaban J connectivity index is 3.12. The molecule has 2 heteroatoms. The Labute approximate surface area is 73.9 Å². The first-order chi connectivity index (χ1) is 5.24. The van der Waals surface area contributed by atoms with Gasteiger partial charge in [-0.3, -0.25) is 0 Å². The lowest BCUT2D eigenvalue weighted by atomic mass is 10.2. The van der Waals surface area contributed by atoms with Crippen molar-refractivity contribution in [3.05, 3.63) is 40.1 Å². The minimum Gasteiger partial charge on any atom is -0.206 e. The van der Waals surface area contributed by atoms with Crippen LogP contribution in [0, 0.1) is 5.82 Å². The maximum Gasteiger partial charge on any atom is 0.130 e. The van der Waals surface area contributed by atoms with E-state index in [0.717, 1.165) is 4.47 Å². The van der Waals surface area contributed by atoms with Crippen LogP contribution in [-0.2, 0) is 0 Å². The molecule has 0 amide bonds. The summed E-state index contributed by atoms with van der Waals surface area (Å²) in [5.74, 6) is -0.189. The molecule has 1 rings (SSSR count). The zero-order chi connectivity index (χ0) is 8.27. The number of rotatable bonds is 1. The van der Waals surface area contributed by atoms with Crippen LogP contribution in [0.4, 0.5) is 4.39 Å². The topological polar surface area (TPSA) is 0 Å². The van der Waals surface area contributed by atoms with Crippen molar-refractivity contribution < 1.29 is 4.39 Å². The summed E-state index contributed by atoms with van der Waals surface area (Å²) in [6.07, 6.45) is 3.55. The molecule has 1 aromatic carbocycles. The molecule has 1 aromatic rings. The maximum absolute atomic E-state index is 12.9. The molecule has 0 unspecified atom stereocenters. The molecule has 0 aliphatic heterocycles. The van der Waals surface area contributed by atoms with Crippen molar-refractivity contribution in [3.8, 4) is 0 Å². The quantitative estimate of drug-likeness (QED) is 0.671. The van der Waals surface area contributed by atoms with Crippen LogP contribution >= 0.6 is 15.9 Å². The molecule has 0 saturated heterocycles. The van der Waals surface area contributed by atoms with Gasteiger partial charge in [0.05, 0.1) is 0 Å². The first kappa shape index (κ1) is 8.47. The average molecular weight is 215 g/mol. The summed E-state index contributed by atoms with van der Waals surface area (Å²) in [7, 11) is 0. The van der Waals surface area contributed by atoms with Crippen LogP contribution in [0.15, 0.2) is 28.7 Å². The molecule has 0 spiro atoms. The van der Waals surface area contributed by atoms with Crippen molar-refractivity contribution in [2.45, 2.75) is 6.92 Å². The average Bonchev–Trinajstić information content (AvgIpc) is 1.98. The van der Waals surface area contributed by atoms with Gasteiger partial charge in [-0.1, -0.05) is 28.1 Å². The first-order valence-electron chi connectivity index (χ1n) is 3.32. The smallest absolute Gasteiger partial charge is 0.130 e. The molecule has 0 atom stereocenters. The normalized spacial score (nSPS) is 10.8. The fourth-order valence-electron chi connectivity index (χ4n) is 0.822. The second-order valence-electron chi connectivity index (χ2n) is 2.17. The zero-order valence-corrected chi connectivity index (χ0v) is 7.73. The van der Waals surface area contributed by atoms with Gasteiger partial charge in [0.1, 0.15) is 5.82 Å². The number of benzene rings is 1. The lowest BCUT2D eigenvalue weighted by molar-refractivity contribution is 0.625. The lowest BCUT2D eigenvalue weighted by Gasteiger charge is -1.96. The van der Waals surface area contributed by atoms with E-state index < -0.39 is 0 Å². The van der Waals surface area contributed by atoms with Gasteiger partial charge in [-0.2, -0.15) is 0 Å². The van der Waals surface area contributed by atoms with Gasteiger partial charge < -0.3 is 0 Å². The van der Waals surface area contributed by atoms with E-state index in [4.69, 9.17) is 0 Å². The van der Waals surface area contributed by atoms with Crippen LogP contribution in [0.25, 0.3) is 6.08 Å². The molecule has 0 radical (unpaired) electrons. The summed E-state index contributed by atoms with van der Waals surface area (Å²) in [5.41, 5.74) is 0.613. The van der Waals surface area contributed by atoms with Crippen molar-refractivity contribution >= 4 is 22.0 Å². The van der Waals surface area contributed by atoms with E-state index in [9.17, 15) is 4.39 Å². The standard InChI is InChI=1S/C9H8BrF/c1-2-3-7-6-8(10)4-5-9(7)11/h2-6H,1H3/b3-2-. The van der Waals surface area contributed by atoms with Gasteiger partial charge in [-0.25, -0.2) is 4.39 Å². The maximum atomic E-state index is 12.9. The molecule has 58 valence electrons. The summed E-state index contributed by atoms with van der Waals surface area (Å²) in [5, 5.41) is 0. The van der Waals surface area contributed by atoms with Crippen LogP contribution in [0.5, 0.6) is 0 Å². The van der Waals surface area contributed by atoms with E-state index in [2.05, 4.69) is 15.9 Å². The monoisotopic (exact) mass is 214 g/mol. The molecule has 0 fully saturated rings. The summed E-state index contributed by atoms with van der Waals surface area (Å²) >= 11 is 3.27. The Morgan fingerprint density at radius 3 is 2.82 bits per heavy atom. The van der Waals surface area contributed by atoms with Crippen molar-refractivity contribution in [2.24, 2.45) is 0 Å². The summed E-state index contributed by atoms with van der Waals surface area (Å²) < 4.78 is 13.8. The van der Waals surface area contributed by atoms with Gasteiger partial charge in [0, 0.05) is 10.0 Å². The Hall–Kier alpha value is -0.630. The van der Waals surface area contributed by atoms with Crippen LogP contribution in [0.1, 0.15) is 12.5 Å². The van der Waals surface area contributed by atoms with Crippen LogP contribution in [-0.4, -0.2) is 0 Å². The van der Waals surface area contributed by atoms with Gasteiger partial charge in [0.25, 0.3) is 0 Å². The van der Waals surface area contributed by atoms with Crippen LogP contribution in [0.2, 0.25) is 0 Å². The van der Waals surface area contributed by atoms with Crippen molar-refractivity contribution in [2.75, 3.05) is 0 Å². The molecule has 0 N–H and O–H groups in total. The second-order valence-corrected chi connectivity index (χ2v) is 3.08. The third-order valence-electron chi connectivity index (χ3n) is 1.30. The highest BCUT2D eigenvalue weighted by Crippen LogP contribution is 2.16. The van der Waals surface area contributed by atoms with E-state index in [-0.39, 0.29) is 5.82 Å². The molecule has 0 bridgehead atoms. The molecule has 0 nitrogen and oxygen atoms in total. The van der Waals surface area contributed by atoms with E-state index in [1.165, 1.54) is 6.07 Å². The lowest BCUT2D eigenvalue weighted by Crippen LogP contribution is -1.80. The molecule has 0 aliphatic rings. The predicted octanol–water partition coefficient (Wildman–Crippen LogP) is 3.62. The Morgan fingerprint density at radius 1 is 1.45 bits per heavy atom. The highest BCUT2D eigenvalue weighted by Gasteiger charge is 1.96. The van der Waals surface area contributed by atoms with Crippen molar-refractivity contribution in [1.29, 1.82) is 0 Å². The largest absolute Gasteiger partial charge is 0.206 e. The third-order valence-corrected chi connectivity index (χ3v) is 1.80. The molecule has 0 aliphatic carbocycles. The van der Waals surface area contributed by atoms with Gasteiger partial charge in [0.2, 0.25) is 0 Å². The van der Waals surface area contributed by atoms with Crippen molar-refractivity contribution in [3.63, 3.8) is 0 Å². The van der Waals surface area contributed by atoms with Crippen molar-refractivity contribution in [1.82, 2.24) is 0 Å². The molecular weight excluding hydrogens is 207 g/mol. The molecule has 0 heterocycles. The Kier molecular flexibility index (Phi) is 2.83. The van der Waals surface area contributed by atoms with E-state index >= 15 is 0 Å². The SMILES string of the molecule is C/C=C\c1cc(Br)ccc1F. The van der Waals surface area contributed by atoms with Gasteiger partial charge in [-0.15, -0.1) is 0 Å². The highest BCUT2D eigenvalue weighted by molar-refractivity contribution is 9.10. The van der Waals surface area contributed by atoms with Crippen LogP contribution < -0.4 is 0 Å². The van der Waals surface area contributed by atoms with Gasteiger partial charge in [-0.05, 0) is 25.1 Å². The first-order valence-corrected chi connectivity index (χ1v) is 4.11. The summed E-state index contributed by atoms with van der Waals surface area (Å²) in [6.45, 7) is 1.86. The zero-order valence-electron chi connectivity index (χ0n) is 6.14. The van der Waals surface area contributed by atoms with E-state index in [1.807, 2.05) is 13.0 Å². The Morgan fingerprint density at radius 2 is 2.18 bits per heavy atom. The predicted molar refractivity (Wildman–Crippen MR) is 48.8 cm³/mol. The summed E-state index contributed by atoms with van der Waals surface area (Å²) in [6, 6.07) is 4.87. The minimum atomic E-state index is -0.189. The highest BCUT2D eigenvalue weighted by atomic mass is 79.9. The molecular formula is C9H8BrF. The number of hydrogen-bond acceptors (Lipinski definition) is 0. The summed E-state index contributed by atoms with van der Waals surface area (Å²) in [4.78, 5) is 0.